The van der Waals surface area contributed by atoms with Gasteiger partial charge < -0.3 is 19.1 Å². The van der Waals surface area contributed by atoms with Gasteiger partial charge in [-0.25, -0.2) is 4.79 Å². The Balaban J connectivity index is 1.41. The third kappa shape index (κ3) is 2.54. The Morgan fingerprint density at radius 1 is 1.26 bits per heavy atom. The standard InChI is InChI=1S/C19H21FNO4S2/c1-21(2)11-8-10(9-12(21)17-16(11)25-17)24-18(22)19(23,13-4-3-7-26-13)14-5-6-15(20)27-14/h3-7,10-12,16-17,23H,8-9H2,1-2H3/q+1. The van der Waals surface area contributed by atoms with Crippen LogP contribution in [0.15, 0.2) is 29.6 Å². The summed E-state index contributed by atoms with van der Waals surface area (Å²) in [6, 6.07) is 6.76. The molecule has 1 N–H and O–H groups in total. The second kappa shape index (κ2) is 5.84. The van der Waals surface area contributed by atoms with Gasteiger partial charge in [-0.1, -0.05) is 6.07 Å². The van der Waals surface area contributed by atoms with E-state index in [0.717, 1.165) is 28.7 Å². The Labute approximate surface area is 164 Å². The van der Waals surface area contributed by atoms with Gasteiger partial charge in [-0.15, -0.1) is 22.7 Å². The van der Waals surface area contributed by atoms with Crippen LogP contribution in [0.2, 0.25) is 0 Å². The Hall–Kier alpha value is -1.32. The van der Waals surface area contributed by atoms with Crippen molar-refractivity contribution in [3.05, 3.63) is 44.5 Å². The number of fused-ring (bicyclic) bond motifs is 5. The number of nitrogens with zero attached hydrogens (tertiary/aromatic N) is 1. The van der Waals surface area contributed by atoms with Gasteiger partial charge in [-0.05, 0) is 23.6 Å². The van der Waals surface area contributed by atoms with Crippen LogP contribution in [0.4, 0.5) is 4.39 Å². The molecule has 0 radical (unpaired) electrons. The van der Waals surface area contributed by atoms with Crippen LogP contribution >= 0.6 is 22.7 Å². The fourth-order valence-corrected chi connectivity index (χ4v) is 6.57. The summed E-state index contributed by atoms with van der Waals surface area (Å²) in [5, 5.41) is 12.7. The van der Waals surface area contributed by atoms with Crippen LogP contribution in [-0.2, 0) is 19.9 Å². The van der Waals surface area contributed by atoms with Crippen LogP contribution in [0, 0.1) is 5.13 Å². The number of epoxide rings is 1. The number of hydrogen-bond acceptors (Lipinski definition) is 6. The summed E-state index contributed by atoms with van der Waals surface area (Å²) in [6.45, 7) is 0. The van der Waals surface area contributed by atoms with Crippen LogP contribution in [0.3, 0.4) is 0 Å². The van der Waals surface area contributed by atoms with Crippen LogP contribution in [0.25, 0.3) is 0 Å². The zero-order chi connectivity index (χ0) is 19.0. The quantitative estimate of drug-likeness (QED) is 0.478. The molecule has 5 rings (SSSR count). The second-order valence-electron chi connectivity index (χ2n) is 8.12. The summed E-state index contributed by atoms with van der Waals surface area (Å²) in [5.74, 6) is -0.724. The fraction of sp³-hybridized carbons (Fsp3) is 0.526. The van der Waals surface area contributed by atoms with Crippen LogP contribution < -0.4 is 0 Å². The average Bonchev–Trinajstić information content (AvgIpc) is 2.93. The first-order valence-electron chi connectivity index (χ1n) is 9.04. The Morgan fingerprint density at radius 3 is 2.52 bits per heavy atom. The molecule has 5 atom stereocenters. The number of rotatable bonds is 4. The molecule has 0 spiro atoms. The van der Waals surface area contributed by atoms with E-state index in [1.165, 1.54) is 23.5 Å². The molecule has 3 aliphatic heterocycles. The highest BCUT2D eigenvalue weighted by molar-refractivity contribution is 7.12. The molecular weight excluding hydrogens is 389 g/mol. The molecule has 3 fully saturated rings. The number of likely N-dealkylation sites (N-methyl/N-ethyl adjacent to an activating group) is 1. The van der Waals surface area contributed by atoms with Crippen molar-refractivity contribution in [2.45, 2.75) is 48.8 Å². The minimum absolute atomic E-state index is 0.244. The zero-order valence-electron chi connectivity index (χ0n) is 15.0. The molecule has 3 aliphatic rings. The molecule has 0 aliphatic carbocycles. The number of aliphatic hydroxyl groups is 1. The number of morpholine rings is 1. The molecule has 0 amide bonds. The molecule has 144 valence electrons. The predicted molar refractivity (Wildman–Crippen MR) is 99.1 cm³/mol. The van der Waals surface area contributed by atoms with E-state index < -0.39 is 16.7 Å². The summed E-state index contributed by atoms with van der Waals surface area (Å²) < 4.78 is 26.1. The SMILES string of the molecule is C[N+]1(C)C2CC(OC(=O)C(O)(c3cccs3)c3ccc(F)s3)CC1C1OC12. The third-order valence-electron chi connectivity index (χ3n) is 6.41. The minimum atomic E-state index is -1.97. The van der Waals surface area contributed by atoms with Gasteiger partial charge in [0.2, 0.25) is 5.60 Å². The lowest BCUT2D eigenvalue weighted by molar-refractivity contribution is -0.938. The van der Waals surface area contributed by atoms with Crippen molar-refractivity contribution in [1.82, 2.24) is 0 Å². The van der Waals surface area contributed by atoms with E-state index in [2.05, 4.69) is 14.1 Å². The summed E-state index contributed by atoms with van der Waals surface area (Å²) in [4.78, 5) is 13.8. The molecule has 2 bridgehead atoms. The van der Waals surface area contributed by atoms with Gasteiger partial charge in [-0.3, -0.25) is 0 Å². The summed E-state index contributed by atoms with van der Waals surface area (Å²) >= 11 is 2.03. The lowest BCUT2D eigenvalue weighted by Gasteiger charge is -2.45. The highest BCUT2D eigenvalue weighted by Gasteiger charge is 2.71. The molecule has 8 heteroatoms. The Morgan fingerprint density at radius 2 is 1.96 bits per heavy atom. The Bertz CT molecular complexity index is 862. The van der Waals surface area contributed by atoms with Crippen LogP contribution in [0.1, 0.15) is 22.6 Å². The maximum atomic E-state index is 13.6. The van der Waals surface area contributed by atoms with Crippen LogP contribution in [0.5, 0.6) is 0 Å². The van der Waals surface area contributed by atoms with E-state index in [1.54, 1.807) is 17.5 Å². The number of esters is 1. The van der Waals surface area contributed by atoms with Gasteiger partial charge in [0.1, 0.15) is 30.4 Å². The number of thiophene rings is 2. The molecule has 2 aromatic rings. The smallest absolute Gasteiger partial charge is 0.349 e. The van der Waals surface area contributed by atoms with Crippen LogP contribution in [-0.4, -0.2) is 60.0 Å². The molecule has 5 unspecified atom stereocenters. The van der Waals surface area contributed by atoms with Gasteiger partial charge in [0, 0.05) is 12.8 Å². The van der Waals surface area contributed by atoms with Crippen molar-refractivity contribution in [3.8, 4) is 0 Å². The molecular formula is C19H21FNO4S2+. The minimum Gasteiger partial charge on any atom is -0.459 e. The van der Waals surface area contributed by atoms with Crippen molar-refractivity contribution < 1.29 is 28.2 Å². The summed E-state index contributed by atoms with van der Waals surface area (Å²) in [6.07, 6.45) is 1.70. The topological polar surface area (TPSA) is 59.1 Å². The predicted octanol–water partition coefficient (Wildman–Crippen LogP) is 2.48. The molecule has 5 nitrogen and oxygen atoms in total. The molecule has 5 heterocycles. The maximum Gasteiger partial charge on any atom is 0.349 e. The monoisotopic (exact) mass is 410 g/mol. The average molecular weight is 411 g/mol. The van der Waals surface area contributed by atoms with Crippen molar-refractivity contribution in [3.63, 3.8) is 0 Å². The molecule has 0 aromatic carbocycles. The first-order valence-corrected chi connectivity index (χ1v) is 10.7. The molecule has 3 saturated heterocycles. The zero-order valence-corrected chi connectivity index (χ0v) is 16.6. The van der Waals surface area contributed by atoms with E-state index in [1.807, 2.05) is 0 Å². The van der Waals surface area contributed by atoms with Crippen molar-refractivity contribution in [2.75, 3.05) is 14.1 Å². The molecule has 0 saturated carbocycles. The lowest BCUT2D eigenvalue weighted by Crippen LogP contribution is -2.60. The van der Waals surface area contributed by atoms with Gasteiger partial charge in [0.05, 0.1) is 23.8 Å². The number of ether oxygens (including phenoxy) is 2. The fourth-order valence-electron chi connectivity index (χ4n) is 4.85. The van der Waals surface area contributed by atoms with Gasteiger partial charge in [0.25, 0.3) is 0 Å². The first kappa shape index (κ1) is 17.8. The van der Waals surface area contributed by atoms with Crippen molar-refractivity contribution in [2.24, 2.45) is 0 Å². The number of piperidine rings is 1. The van der Waals surface area contributed by atoms with E-state index in [9.17, 15) is 14.3 Å². The Kier molecular flexibility index (Phi) is 3.84. The highest BCUT2D eigenvalue weighted by Crippen LogP contribution is 2.52. The van der Waals surface area contributed by atoms with Crippen molar-refractivity contribution in [1.29, 1.82) is 0 Å². The number of carbonyl (C=O) groups excluding carboxylic acids is 1. The van der Waals surface area contributed by atoms with Gasteiger partial charge in [-0.2, -0.15) is 4.39 Å². The molecule has 2 aromatic heterocycles. The summed E-state index contributed by atoms with van der Waals surface area (Å²) in [7, 11) is 4.42. The second-order valence-corrected chi connectivity index (χ2v) is 10.1. The van der Waals surface area contributed by atoms with Crippen molar-refractivity contribution >= 4 is 28.6 Å². The highest BCUT2D eigenvalue weighted by atomic mass is 32.1. The third-order valence-corrected chi connectivity index (χ3v) is 8.38. The number of quaternary nitrogens is 1. The van der Waals surface area contributed by atoms with E-state index in [4.69, 9.17) is 9.47 Å². The molecule has 27 heavy (non-hydrogen) atoms. The number of halogens is 1. The normalized spacial score (nSPS) is 35.3. The lowest BCUT2D eigenvalue weighted by atomic mass is 9.95. The van der Waals surface area contributed by atoms with E-state index in [-0.39, 0.29) is 23.2 Å². The van der Waals surface area contributed by atoms with Gasteiger partial charge >= 0.3 is 5.97 Å². The number of carbonyl (C=O) groups is 1. The van der Waals surface area contributed by atoms with E-state index in [0.29, 0.717) is 17.0 Å². The largest absolute Gasteiger partial charge is 0.459 e. The van der Waals surface area contributed by atoms with Gasteiger partial charge in [0.15, 0.2) is 5.13 Å². The summed E-state index contributed by atoms with van der Waals surface area (Å²) in [5.41, 5.74) is -1.97. The van der Waals surface area contributed by atoms with E-state index >= 15 is 0 Å². The maximum absolute atomic E-state index is 13.6. The first-order chi connectivity index (χ1) is 12.8. The number of hydrogen-bond donors (Lipinski definition) is 1.